The minimum Gasteiger partial charge on any atom is -0.491 e. The molecule has 0 fully saturated rings. The van der Waals surface area contributed by atoms with Crippen molar-refractivity contribution in [2.75, 3.05) is 13.2 Å². The number of pyridine rings is 1. The molecule has 2 aromatic rings. The van der Waals surface area contributed by atoms with E-state index >= 15 is 0 Å². The third kappa shape index (κ3) is 2.31. The maximum Gasteiger partial charge on any atom is 0.145 e. The maximum absolute atomic E-state index is 8.93. The largest absolute Gasteiger partial charge is 0.491 e. The van der Waals surface area contributed by atoms with E-state index in [1.165, 1.54) is 0 Å². The van der Waals surface area contributed by atoms with Crippen LogP contribution in [0.15, 0.2) is 36.5 Å². The van der Waals surface area contributed by atoms with Crippen molar-refractivity contribution in [3.05, 3.63) is 36.5 Å². The summed E-state index contributed by atoms with van der Waals surface area (Å²) in [5, 5.41) is 10.00. The number of hydrogen-bond donors (Lipinski definition) is 1. The third-order valence-electron chi connectivity index (χ3n) is 2.43. The standard InChI is InChI=1S/C13H15NO2/c1-10(8-15)9-16-12-6-2-4-11-5-3-7-14-13(11)12/h2-7,10,15H,8-9H2,1H3. The first-order chi connectivity index (χ1) is 7.81. The minimum absolute atomic E-state index is 0.137. The average Bonchev–Trinajstić information content (AvgIpc) is 2.35. The maximum atomic E-state index is 8.93. The van der Waals surface area contributed by atoms with Gasteiger partial charge < -0.3 is 9.84 Å². The highest BCUT2D eigenvalue weighted by molar-refractivity contribution is 5.84. The zero-order chi connectivity index (χ0) is 11.4. The Morgan fingerprint density at radius 2 is 2.12 bits per heavy atom. The summed E-state index contributed by atoms with van der Waals surface area (Å²) in [6.07, 6.45) is 1.75. The molecule has 0 saturated heterocycles. The fraction of sp³-hybridized carbons (Fsp3) is 0.308. The molecule has 84 valence electrons. The van der Waals surface area contributed by atoms with Crippen LogP contribution in [0.25, 0.3) is 10.9 Å². The smallest absolute Gasteiger partial charge is 0.145 e. The fourth-order valence-corrected chi connectivity index (χ4v) is 1.48. The van der Waals surface area contributed by atoms with Gasteiger partial charge >= 0.3 is 0 Å². The van der Waals surface area contributed by atoms with Gasteiger partial charge in [0.05, 0.1) is 6.61 Å². The summed E-state index contributed by atoms with van der Waals surface area (Å²) in [7, 11) is 0. The van der Waals surface area contributed by atoms with Crippen molar-refractivity contribution in [3.63, 3.8) is 0 Å². The zero-order valence-electron chi connectivity index (χ0n) is 9.26. The van der Waals surface area contributed by atoms with Crippen molar-refractivity contribution in [2.45, 2.75) is 6.92 Å². The Hall–Kier alpha value is -1.61. The Kier molecular flexibility index (Phi) is 3.37. The van der Waals surface area contributed by atoms with Gasteiger partial charge in [-0.3, -0.25) is 4.98 Å². The van der Waals surface area contributed by atoms with Gasteiger partial charge in [-0.2, -0.15) is 0 Å². The lowest BCUT2D eigenvalue weighted by atomic mass is 10.2. The molecule has 0 aliphatic rings. The predicted octanol–water partition coefficient (Wildman–Crippen LogP) is 2.24. The summed E-state index contributed by atoms with van der Waals surface area (Å²) in [6.45, 7) is 2.59. The highest BCUT2D eigenvalue weighted by atomic mass is 16.5. The first-order valence-corrected chi connectivity index (χ1v) is 5.38. The van der Waals surface area contributed by atoms with Crippen LogP contribution in [0.1, 0.15) is 6.92 Å². The van der Waals surface area contributed by atoms with E-state index in [9.17, 15) is 0 Å². The molecule has 3 nitrogen and oxygen atoms in total. The highest BCUT2D eigenvalue weighted by Crippen LogP contribution is 2.23. The Bertz CT molecular complexity index is 465. The van der Waals surface area contributed by atoms with Gasteiger partial charge in [0, 0.05) is 24.1 Å². The van der Waals surface area contributed by atoms with Crippen LogP contribution in [0.2, 0.25) is 0 Å². The number of para-hydroxylation sites is 1. The summed E-state index contributed by atoms with van der Waals surface area (Å²) < 4.78 is 5.65. The molecule has 0 saturated carbocycles. The van der Waals surface area contributed by atoms with Crippen LogP contribution in [0.5, 0.6) is 5.75 Å². The Morgan fingerprint density at radius 3 is 2.94 bits per heavy atom. The van der Waals surface area contributed by atoms with E-state index in [4.69, 9.17) is 9.84 Å². The van der Waals surface area contributed by atoms with Gasteiger partial charge in [-0.15, -0.1) is 0 Å². The van der Waals surface area contributed by atoms with Gasteiger partial charge in [0.2, 0.25) is 0 Å². The monoisotopic (exact) mass is 217 g/mol. The summed E-state index contributed by atoms with van der Waals surface area (Å²) in [5.74, 6) is 0.914. The van der Waals surface area contributed by atoms with Crippen molar-refractivity contribution >= 4 is 10.9 Å². The van der Waals surface area contributed by atoms with E-state index < -0.39 is 0 Å². The van der Waals surface area contributed by atoms with Crippen LogP contribution in [-0.4, -0.2) is 23.3 Å². The summed E-state index contributed by atoms with van der Waals surface area (Å²) in [5.41, 5.74) is 0.870. The highest BCUT2D eigenvalue weighted by Gasteiger charge is 2.05. The number of aliphatic hydroxyl groups excluding tert-OH is 1. The van der Waals surface area contributed by atoms with Crippen molar-refractivity contribution in [1.29, 1.82) is 0 Å². The molecule has 1 unspecified atom stereocenters. The fourth-order valence-electron chi connectivity index (χ4n) is 1.48. The quantitative estimate of drug-likeness (QED) is 0.854. The molecule has 1 N–H and O–H groups in total. The molecule has 0 aliphatic carbocycles. The minimum atomic E-state index is 0.137. The second-order valence-corrected chi connectivity index (χ2v) is 3.93. The SMILES string of the molecule is CC(CO)COc1cccc2cccnc12. The van der Waals surface area contributed by atoms with E-state index in [0.717, 1.165) is 16.7 Å². The number of rotatable bonds is 4. The predicted molar refractivity (Wildman–Crippen MR) is 63.5 cm³/mol. The lowest BCUT2D eigenvalue weighted by Crippen LogP contribution is -2.12. The van der Waals surface area contributed by atoms with Crippen molar-refractivity contribution in [2.24, 2.45) is 5.92 Å². The van der Waals surface area contributed by atoms with Gasteiger partial charge in [-0.1, -0.05) is 25.1 Å². The summed E-state index contributed by atoms with van der Waals surface area (Å²) in [6, 6.07) is 9.76. The molecule has 0 bridgehead atoms. The number of aromatic nitrogens is 1. The molecule has 16 heavy (non-hydrogen) atoms. The zero-order valence-corrected chi connectivity index (χ0v) is 9.26. The molecule has 1 aromatic carbocycles. The lowest BCUT2D eigenvalue weighted by molar-refractivity contribution is 0.175. The molecule has 1 heterocycles. The molecule has 0 radical (unpaired) electrons. The van der Waals surface area contributed by atoms with Crippen LogP contribution in [0, 0.1) is 5.92 Å². The second kappa shape index (κ2) is 4.94. The van der Waals surface area contributed by atoms with Crippen molar-refractivity contribution in [3.8, 4) is 5.75 Å². The molecule has 3 heteroatoms. The van der Waals surface area contributed by atoms with E-state index in [0.29, 0.717) is 6.61 Å². The number of nitrogens with zero attached hydrogens (tertiary/aromatic N) is 1. The van der Waals surface area contributed by atoms with E-state index in [1.54, 1.807) is 6.20 Å². The lowest BCUT2D eigenvalue weighted by Gasteiger charge is -2.11. The normalized spacial score (nSPS) is 12.6. The van der Waals surface area contributed by atoms with E-state index in [2.05, 4.69) is 4.98 Å². The van der Waals surface area contributed by atoms with Gasteiger partial charge in [0.25, 0.3) is 0 Å². The van der Waals surface area contributed by atoms with E-state index in [1.807, 2.05) is 37.3 Å². The van der Waals surface area contributed by atoms with Crippen molar-refractivity contribution < 1.29 is 9.84 Å². The van der Waals surface area contributed by atoms with Crippen LogP contribution in [-0.2, 0) is 0 Å². The summed E-state index contributed by atoms with van der Waals surface area (Å²) >= 11 is 0. The molecule has 0 spiro atoms. The van der Waals surface area contributed by atoms with Gasteiger partial charge in [0.1, 0.15) is 11.3 Å². The van der Waals surface area contributed by atoms with E-state index in [-0.39, 0.29) is 12.5 Å². The molecule has 0 amide bonds. The number of fused-ring (bicyclic) bond motifs is 1. The molecule has 1 aromatic heterocycles. The third-order valence-corrected chi connectivity index (χ3v) is 2.43. The first-order valence-electron chi connectivity index (χ1n) is 5.38. The van der Waals surface area contributed by atoms with Crippen LogP contribution in [0.4, 0.5) is 0 Å². The topological polar surface area (TPSA) is 42.4 Å². The molecular formula is C13H15NO2. The van der Waals surface area contributed by atoms with Gasteiger partial charge in [-0.25, -0.2) is 0 Å². The van der Waals surface area contributed by atoms with Gasteiger partial charge in [-0.05, 0) is 12.1 Å². The molecule has 1 atom stereocenters. The Balaban J connectivity index is 2.23. The number of ether oxygens (including phenoxy) is 1. The Labute approximate surface area is 94.7 Å². The molecule has 2 rings (SSSR count). The van der Waals surface area contributed by atoms with Crippen LogP contribution < -0.4 is 4.74 Å². The molecule has 0 aliphatic heterocycles. The van der Waals surface area contributed by atoms with Crippen molar-refractivity contribution in [1.82, 2.24) is 4.98 Å². The molecular weight excluding hydrogens is 202 g/mol. The number of hydrogen-bond acceptors (Lipinski definition) is 3. The number of aliphatic hydroxyl groups is 1. The van der Waals surface area contributed by atoms with Crippen LogP contribution >= 0.6 is 0 Å². The summed E-state index contributed by atoms with van der Waals surface area (Å²) in [4.78, 5) is 4.30. The number of benzene rings is 1. The van der Waals surface area contributed by atoms with Crippen LogP contribution in [0.3, 0.4) is 0 Å². The Morgan fingerprint density at radius 1 is 1.31 bits per heavy atom. The second-order valence-electron chi connectivity index (χ2n) is 3.93. The first kappa shape index (κ1) is 10.9. The average molecular weight is 217 g/mol. The van der Waals surface area contributed by atoms with Gasteiger partial charge in [0.15, 0.2) is 0 Å².